The summed E-state index contributed by atoms with van der Waals surface area (Å²) in [6.45, 7) is 1.48. The first-order chi connectivity index (χ1) is 9.88. The van der Waals surface area contributed by atoms with Crippen molar-refractivity contribution in [2.24, 2.45) is 0 Å². The maximum atomic E-state index is 5.24. The third-order valence-electron chi connectivity index (χ3n) is 3.21. The molecule has 0 spiro atoms. The average Bonchev–Trinajstić information content (AvgIpc) is 2.91. The Bertz CT molecular complexity index is 708. The minimum absolute atomic E-state index is 0.667. The molecule has 0 aliphatic rings. The zero-order valence-electron chi connectivity index (χ0n) is 11.3. The van der Waals surface area contributed by atoms with Crippen LogP contribution in [0.15, 0.2) is 42.9 Å². The van der Waals surface area contributed by atoms with E-state index in [1.165, 1.54) is 5.56 Å². The van der Waals surface area contributed by atoms with E-state index in [1.807, 2.05) is 24.4 Å². The summed E-state index contributed by atoms with van der Waals surface area (Å²) in [5.41, 5.74) is 3.17. The smallest absolute Gasteiger partial charge is 0.217 e. The van der Waals surface area contributed by atoms with Gasteiger partial charge in [-0.3, -0.25) is 0 Å². The van der Waals surface area contributed by atoms with Gasteiger partial charge >= 0.3 is 0 Å². The fourth-order valence-corrected chi connectivity index (χ4v) is 2.23. The monoisotopic (exact) mass is 268 g/mol. The van der Waals surface area contributed by atoms with Gasteiger partial charge in [-0.05, 0) is 23.8 Å². The Labute approximate surface area is 117 Å². The molecule has 0 aromatic carbocycles. The predicted molar refractivity (Wildman–Crippen MR) is 77.4 cm³/mol. The van der Waals surface area contributed by atoms with Crippen molar-refractivity contribution in [3.05, 3.63) is 54.0 Å². The van der Waals surface area contributed by atoms with E-state index in [2.05, 4.69) is 26.3 Å². The molecule has 0 saturated heterocycles. The summed E-state index contributed by atoms with van der Waals surface area (Å²) >= 11 is 0. The van der Waals surface area contributed by atoms with Crippen molar-refractivity contribution >= 4 is 11.0 Å². The number of aromatic nitrogens is 3. The van der Waals surface area contributed by atoms with Crippen molar-refractivity contribution in [1.82, 2.24) is 20.3 Å². The Kier molecular flexibility index (Phi) is 3.60. The molecule has 0 aliphatic carbocycles. The molecule has 5 heteroatoms. The second kappa shape index (κ2) is 5.71. The number of nitrogens with one attached hydrogen (secondary N) is 2. The third kappa shape index (κ3) is 2.48. The van der Waals surface area contributed by atoms with Crippen molar-refractivity contribution < 1.29 is 4.74 Å². The fraction of sp³-hybridized carbons (Fsp3) is 0.200. The van der Waals surface area contributed by atoms with E-state index in [9.17, 15) is 0 Å². The lowest BCUT2D eigenvalue weighted by Crippen LogP contribution is -2.13. The number of hydrogen-bond acceptors (Lipinski definition) is 4. The van der Waals surface area contributed by atoms with E-state index in [0.29, 0.717) is 12.4 Å². The summed E-state index contributed by atoms with van der Waals surface area (Å²) in [6.07, 6.45) is 5.51. The van der Waals surface area contributed by atoms with Crippen LogP contribution in [-0.4, -0.2) is 22.1 Å². The van der Waals surface area contributed by atoms with Gasteiger partial charge < -0.3 is 15.0 Å². The molecule has 0 bridgehead atoms. The number of fused-ring (bicyclic) bond motifs is 1. The largest absolute Gasteiger partial charge is 0.481 e. The number of methoxy groups -OCH3 is 1. The molecule has 0 aliphatic heterocycles. The van der Waals surface area contributed by atoms with Crippen LogP contribution in [0.2, 0.25) is 0 Å². The first kappa shape index (κ1) is 12.6. The topological polar surface area (TPSA) is 62.8 Å². The fourth-order valence-electron chi connectivity index (χ4n) is 2.23. The third-order valence-corrected chi connectivity index (χ3v) is 3.21. The molecular formula is C15H16N4O. The van der Waals surface area contributed by atoms with Crippen molar-refractivity contribution in [3.8, 4) is 5.88 Å². The second-order valence-electron chi connectivity index (χ2n) is 4.49. The SMILES string of the molecule is COc1ncccc1CNCc1c[nH]c2ncccc12. The van der Waals surface area contributed by atoms with Crippen LogP contribution >= 0.6 is 0 Å². The van der Waals surface area contributed by atoms with E-state index in [1.54, 1.807) is 19.5 Å². The molecule has 3 aromatic rings. The molecule has 2 N–H and O–H groups in total. The maximum absolute atomic E-state index is 5.24. The van der Waals surface area contributed by atoms with Gasteiger partial charge in [0.2, 0.25) is 5.88 Å². The van der Waals surface area contributed by atoms with Crippen LogP contribution in [0.1, 0.15) is 11.1 Å². The van der Waals surface area contributed by atoms with Crippen LogP contribution in [0.4, 0.5) is 0 Å². The molecule has 0 unspecified atom stereocenters. The van der Waals surface area contributed by atoms with Crippen LogP contribution < -0.4 is 10.1 Å². The number of hydrogen-bond donors (Lipinski definition) is 2. The Morgan fingerprint density at radius 1 is 1.10 bits per heavy atom. The molecule has 3 rings (SSSR count). The molecule has 0 fully saturated rings. The Balaban J connectivity index is 1.68. The standard InChI is InChI=1S/C15H16N4O/c1-20-15-11(4-2-7-18-15)8-16-9-12-10-19-14-13(12)5-3-6-17-14/h2-7,10,16H,8-9H2,1H3,(H,17,19). The Hall–Kier alpha value is -2.40. The molecular weight excluding hydrogens is 252 g/mol. The highest BCUT2D eigenvalue weighted by Gasteiger charge is 2.05. The normalized spacial score (nSPS) is 10.8. The Morgan fingerprint density at radius 3 is 2.80 bits per heavy atom. The number of aromatic amines is 1. The van der Waals surface area contributed by atoms with Gasteiger partial charge in [0.15, 0.2) is 0 Å². The quantitative estimate of drug-likeness (QED) is 0.745. The first-order valence-corrected chi connectivity index (χ1v) is 6.48. The van der Waals surface area contributed by atoms with Crippen molar-refractivity contribution in [2.75, 3.05) is 7.11 Å². The second-order valence-corrected chi connectivity index (χ2v) is 4.49. The Morgan fingerprint density at radius 2 is 1.90 bits per heavy atom. The highest BCUT2D eigenvalue weighted by atomic mass is 16.5. The van der Waals surface area contributed by atoms with Gasteiger partial charge in [-0.25, -0.2) is 9.97 Å². The van der Waals surface area contributed by atoms with Gasteiger partial charge in [-0.1, -0.05) is 6.07 Å². The molecule has 0 amide bonds. The van der Waals surface area contributed by atoms with Crippen LogP contribution in [0.3, 0.4) is 0 Å². The minimum Gasteiger partial charge on any atom is -0.481 e. The van der Waals surface area contributed by atoms with E-state index >= 15 is 0 Å². The van der Waals surface area contributed by atoms with Gasteiger partial charge in [0, 0.05) is 42.6 Å². The molecule has 20 heavy (non-hydrogen) atoms. The highest BCUT2D eigenvalue weighted by Crippen LogP contribution is 2.16. The molecule has 0 radical (unpaired) electrons. The molecule has 0 atom stereocenters. The van der Waals surface area contributed by atoms with Gasteiger partial charge in [0.25, 0.3) is 0 Å². The average molecular weight is 268 g/mol. The van der Waals surface area contributed by atoms with E-state index in [4.69, 9.17) is 4.74 Å². The van der Waals surface area contributed by atoms with E-state index in [-0.39, 0.29) is 0 Å². The zero-order chi connectivity index (χ0) is 13.8. The lowest BCUT2D eigenvalue weighted by Gasteiger charge is -2.07. The van der Waals surface area contributed by atoms with Crippen molar-refractivity contribution in [1.29, 1.82) is 0 Å². The summed E-state index contributed by atoms with van der Waals surface area (Å²) in [4.78, 5) is 11.6. The summed E-state index contributed by atoms with van der Waals surface area (Å²) in [5, 5.41) is 4.55. The number of ether oxygens (including phenoxy) is 1. The van der Waals surface area contributed by atoms with E-state index in [0.717, 1.165) is 23.1 Å². The highest BCUT2D eigenvalue weighted by molar-refractivity contribution is 5.79. The van der Waals surface area contributed by atoms with Crippen LogP contribution in [-0.2, 0) is 13.1 Å². The number of H-pyrrole nitrogens is 1. The van der Waals surface area contributed by atoms with Gasteiger partial charge in [0.05, 0.1) is 7.11 Å². The van der Waals surface area contributed by atoms with Crippen molar-refractivity contribution in [3.63, 3.8) is 0 Å². The van der Waals surface area contributed by atoms with Crippen LogP contribution in [0.5, 0.6) is 5.88 Å². The molecule has 3 heterocycles. The molecule has 5 nitrogen and oxygen atoms in total. The van der Waals surface area contributed by atoms with Gasteiger partial charge in [0.1, 0.15) is 5.65 Å². The van der Waals surface area contributed by atoms with Gasteiger partial charge in [-0.15, -0.1) is 0 Å². The lowest BCUT2D eigenvalue weighted by atomic mass is 10.2. The minimum atomic E-state index is 0.667. The number of nitrogens with zero attached hydrogens (tertiary/aromatic N) is 2. The first-order valence-electron chi connectivity index (χ1n) is 6.48. The summed E-state index contributed by atoms with van der Waals surface area (Å²) in [5.74, 6) is 0.667. The molecule has 3 aromatic heterocycles. The summed E-state index contributed by atoms with van der Waals surface area (Å²) in [7, 11) is 1.64. The lowest BCUT2D eigenvalue weighted by molar-refractivity contribution is 0.390. The van der Waals surface area contributed by atoms with E-state index < -0.39 is 0 Å². The van der Waals surface area contributed by atoms with Crippen LogP contribution in [0, 0.1) is 0 Å². The van der Waals surface area contributed by atoms with Gasteiger partial charge in [-0.2, -0.15) is 0 Å². The van der Waals surface area contributed by atoms with Crippen LogP contribution in [0.25, 0.3) is 11.0 Å². The molecule has 102 valence electrons. The maximum Gasteiger partial charge on any atom is 0.217 e. The zero-order valence-corrected chi connectivity index (χ0v) is 11.3. The summed E-state index contributed by atoms with van der Waals surface area (Å²) in [6, 6.07) is 7.94. The number of rotatable bonds is 5. The predicted octanol–water partition coefficient (Wildman–Crippen LogP) is 2.26. The molecule has 0 saturated carbocycles. The summed E-state index contributed by atoms with van der Waals surface area (Å²) < 4.78 is 5.24. The van der Waals surface area contributed by atoms with Crippen molar-refractivity contribution in [2.45, 2.75) is 13.1 Å². The number of pyridine rings is 2.